The van der Waals surface area contributed by atoms with E-state index in [0.717, 1.165) is 13.1 Å². The van der Waals surface area contributed by atoms with E-state index in [1.807, 2.05) is 0 Å². The Balaban J connectivity index is 0.000000203. The molecule has 102 valence electrons. The molecule has 0 bridgehead atoms. The number of fused-ring (bicyclic) bond motifs is 1. The van der Waals surface area contributed by atoms with Gasteiger partial charge in [0.2, 0.25) is 0 Å². The molecule has 0 amide bonds. The summed E-state index contributed by atoms with van der Waals surface area (Å²) in [6.45, 7) is 2.27. The van der Waals surface area contributed by atoms with Gasteiger partial charge in [-0.1, -0.05) is 24.3 Å². The van der Waals surface area contributed by atoms with Crippen LogP contribution in [-0.2, 0) is 22.4 Å². The Morgan fingerprint density at radius 2 is 1.37 bits per heavy atom. The van der Waals surface area contributed by atoms with E-state index >= 15 is 0 Å². The van der Waals surface area contributed by atoms with E-state index < -0.39 is 11.9 Å². The molecule has 5 nitrogen and oxygen atoms in total. The minimum atomic E-state index is -1.26. The highest BCUT2D eigenvalue weighted by molar-refractivity contribution is 5.89. The van der Waals surface area contributed by atoms with Crippen LogP contribution in [0, 0.1) is 0 Å². The summed E-state index contributed by atoms with van der Waals surface area (Å²) in [6.07, 6.45) is 3.50. The lowest BCUT2D eigenvalue weighted by Gasteiger charge is -2.01. The molecule has 0 atom stereocenters. The standard InChI is InChI=1S/C10H13N.C4H4O4/c1-2-4-10-6-8-11-7-5-9(10)3-1;5-3(6)1-2-4(7)8/h1-4,11H,5-8H2;1-2H,(H,5,6)(H,7,8)/b;2-1-. The molecular formula is C14H17NO4. The van der Waals surface area contributed by atoms with E-state index in [2.05, 4.69) is 29.6 Å². The molecule has 1 aromatic carbocycles. The summed E-state index contributed by atoms with van der Waals surface area (Å²) in [7, 11) is 0. The first-order chi connectivity index (χ1) is 9.09. The molecule has 1 aliphatic heterocycles. The molecule has 1 aromatic rings. The van der Waals surface area contributed by atoms with Gasteiger partial charge in [0.25, 0.3) is 0 Å². The monoisotopic (exact) mass is 263 g/mol. The van der Waals surface area contributed by atoms with Crippen LogP contribution < -0.4 is 5.32 Å². The third-order valence-electron chi connectivity index (χ3n) is 2.63. The maximum absolute atomic E-state index is 9.55. The smallest absolute Gasteiger partial charge is 0.328 e. The van der Waals surface area contributed by atoms with E-state index in [4.69, 9.17) is 10.2 Å². The van der Waals surface area contributed by atoms with Crippen LogP contribution in [0.2, 0.25) is 0 Å². The summed E-state index contributed by atoms with van der Waals surface area (Å²) >= 11 is 0. The Kier molecular flexibility index (Phi) is 6.32. The number of aliphatic carboxylic acids is 2. The van der Waals surface area contributed by atoms with Crippen LogP contribution in [0.3, 0.4) is 0 Å². The number of rotatable bonds is 2. The van der Waals surface area contributed by atoms with Crippen LogP contribution in [0.5, 0.6) is 0 Å². The maximum atomic E-state index is 9.55. The van der Waals surface area contributed by atoms with Gasteiger partial charge in [-0.05, 0) is 37.1 Å². The molecule has 3 N–H and O–H groups in total. The van der Waals surface area contributed by atoms with Crippen LogP contribution in [0.4, 0.5) is 0 Å². The Morgan fingerprint density at radius 1 is 0.947 bits per heavy atom. The molecular weight excluding hydrogens is 246 g/mol. The number of hydrogen-bond acceptors (Lipinski definition) is 3. The zero-order chi connectivity index (χ0) is 14.1. The lowest BCUT2D eigenvalue weighted by atomic mass is 10.0. The van der Waals surface area contributed by atoms with Gasteiger partial charge in [0.05, 0.1) is 0 Å². The average Bonchev–Trinajstić information content (AvgIpc) is 2.62. The summed E-state index contributed by atoms with van der Waals surface area (Å²) in [5, 5.41) is 19.0. The van der Waals surface area contributed by atoms with Gasteiger partial charge < -0.3 is 15.5 Å². The van der Waals surface area contributed by atoms with Crippen molar-refractivity contribution in [3.05, 3.63) is 47.5 Å². The van der Waals surface area contributed by atoms with E-state index in [0.29, 0.717) is 12.2 Å². The molecule has 1 aliphatic rings. The fourth-order valence-electron chi connectivity index (χ4n) is 1.76. The summed E-state index contributed by atoms with van der Waals surface area (Å²) < 4.78 is 0. The third-order valence-corrected chi connectivity index (χ3v) is 2.63. The summed E-state index contributed by atoms with van der Waals surface area (Å²) in [5.41, 5.74) is 3.05. The van der Waals surface area contributed by atoms with Crippen molar-refractivity contribution in [2.24, 2.45) is 0 Å². The highest BCUT2D eigenvalue weighted by atomic mass is 16.4. The lowest BCUT2D eigenvalue weighted by molar-refractivity contribution is -0.134. The Hall–Kier alpha value is -2.14. The molecule has 0 aliphatic carbocycles. The third kappa shape index (κ3) is 6.38. The van der Waals surface area contributed by atoms with Gasteiger partial charge in [0.1, 0.15) is 0 Å². The summed E-state index contributed by atoms with van der Waals surface area (Å²) in [4.78, 5) is 19.1. The van der Waals surface area contributed by atoms with Crippen molar-refractivity contribution >= 4 is 11.9 Å². The van der Waals surface area contributed by atoms with Crippen LogP contribution >= 0.6 is 0 Å². The molecule has 19 heavy (non-hydrogen) atoms. The van der Waals surface area contributed by atoms with Crippen molar-refractivity contribution in [2.75, 3.05) is 13.1 Å². The van der Waals surface area contributed by atoms with Crippen molar-refractivity contribution in [1.29, 1.82) is 0 Å². The van der Waals surface area contributed by atoms with Crippen molar-refractivity contribution in [3.8, 4) is 0 Å². The number of carboxylic acid groups (broad SMARTS) is 2. The molecule has 0 unspecified atom stereocenters. The zero-order valence-electron chi connectivity index (χ0n) is 10.5. The molecule has 0 aromatic heterocycles. The number of hydrogen-bond donors (Lipinski definition) is 3. The molecule has 0 saturated heterocycles. The minimum absolute atomic E-state index is 0.558. The molecule has 0 saturated carbocycles. The normalized spacial score (nSPS) is 13.9. The first-order valence-electron chi connectivity index (χ1n) is 6.01. The van der Waals surface area contributed by atoms with E-state index in [1.54, 1.807) is 0 Å². The van der Waals surface area contributed by atoms with E-state index in [-0.39, 0.29) is 0 Å². The van der Waals surface area contributed by atoms with Gasteiger partial charge in [-0.25, -0.2) is 9.59 Å². The van der Waals surface area contributed by atoms with Gasteiger partial charge >= 0.3 is 11.9 Å². The first-order valence-corrected chi connectivity index (χ1v) is 6.01. The second-order valence-electron chi connectivity index (χ2n) is 4.03. The highest BCUT2D eigenvalue weighted by Crippen LogP contribution is 2.11. The van der Waals surface area contributed by atoms with Gasteiger partial charge in [-0.2, -0.15) is 0 Å². The number of carboxylic acids is 2. The molecule has 1 heterocycles. The first kappa shape index (κ1) is 14.9. The fraction of sp³-hybridized carbons (Fsp3) is 0.286. The maximum Gasteiger partial charge on any atom is 0.328 e. The summed E-state index contributed by atoms with van der Waals surface area (Å²) in [5.74, 6) is -2.51. The highest BCUT2D eigenvalue weighted by Gasteiger charge is 2.04. The molecule has 5 heteroatoms. The topological polar surface area (TPSA) is 86.6 Å². The molecule has 0 spiro atoms. The number of carbonyl (C=O) groups is 2. The van der Waals surface area contributed by atoms with Gasteiger partial charge in [-0.15, -0.1) is 0 Å². The average molecular weight is 263 g/mol. The van der Waals surface area contributed by atoms with Crippen molar-refractivity contribution in [2.45, 2.75) is 12.8 Å². The predicted octanol–water partition coefficient (Wildman–Crippen LogP) is 1.09. The van der Waals surface area contributed by atoms with Crippen molar-refractivity contribution in [1.82, 2.24) is 5.32 Å². The fourth-order valence-corrected chi connectivity index (χ4v) is 1.76. The Labute approximate surface area is 111 Å². The summed E-state index contributed by atoms with van der Waals surface area (Å²) in [6, 6.07) is 8.74. The van der Waals surface area contributed by atoms with Crippen molar-refractivity contribution < 1.29 is 19.8 Å². The lowest BCUT2D eigenvalue weighted by Crippen LogP contribution is -2.16. The van der Waals surface area contributed by atoms with Gasteiger partial charge in [0, 0.05) is 12.2 Å². The largest absolute Gasteiger partial charge is 0.478 e. The van der Waals surface area contributed by atoms with E-state index in [1.165, 1.54) is 24.0 Å². The number of benzene rings is 1. The zero-order valence-corrected chi connectivity index (χ0v) is 10.5. The Bertz CT molecular complexity index is 427. The van der Waals surface area contributed by atoms with Crippen LogP contribution in [0.1, 0.15) is 11.1 Å². The minimum Gasteiger partial charge on any atom is -0.478 e. The van der Waals surface area contributed by atoms with Crippen LogP contribution in [0.25, 0.3) is 0 Å². The second-order valence-corrected chi connectivity index (χ2v) is 4.03. The second kappa shape index (κ2) is 8.05. The Morgan fingerprint density at radius 3 is 1.74 bits per heavy atom. The molecule has 0 radical (unpaired) electrons. The quantitative estimate of drug-likeness (QED) is 0.695. The SMILES string of the molecule is O=C(O)/C=C\C(=O)O.c1ccc2c(c1)CCNCC2. The molecule has 0 fully saturated rings. The van der Waals surface area contributed by atoms with E-state index in [9.17, 15) is 9.59 Å². The number of nitrogens with one attached hydrogen (secondary N) is 1. The van der Waals surface area contributed by atoms with Gasteiger partial charge in [-0.3, -0.25) is 0 Å². The predicted molar refractivity (Wildman–Crippen MR) is 71.1 cm³/mol. The van der Waals surface area contributed by atoms with Crippen LogP contribution in [0.15, 0.2) is 36.4 Å². The van der Waals surface area contributed by atoms with Crippen molar-refractivity contribution in [3.63, 3.8) is 0 Å². The van der Waals surface area contributed by atoms with Gasteiger partial charge in [0.15, 0.2) is 0 Å². The van der Waals surface area contributed by atoms with Crippen LogP contribution in [-0.4, -0.2) is 35.2 Å². The molecule has 2 rings (SSSR count).